The van der Waals surface area contributed by atoms with Gasteiger partial charge in [-0.25, -0.2) is 0 Å². The third-order valence-electron chi connectivity index (χ3n) is 3.97. The normalized spacial score (nSPS) is 17.2. The van der Waals surface area contributed by atoms with Gasteiger partial charge in [0.05, 0.1) is 6.10 Å². The number of rotatable bonds is 3. The highest BCUT2D eigenvalue weighted by Crippen LogP contribution is 2.37. The van der Waals surface area contributed by atoms with E-state index in [0.717, 1.165) is 11.7 Å². The predicted molar refractivity (Wildman–Crippen MR) is 77.5 cm³/mol. The Bertz CT molecular complexity index is 400. The van der Waals surface area contributed by atoms with Crippen LogP contribution in [0, 0.1) is 13.8 Å². The summed E-state index contributed by atoms with van der Waals surface area (Å²) >= 11 is 0. The van der Waals surface area contributed by atoms with Crippen LogP contribution in [0.2, 0.25) is 0 Å². The van der Waals surface area contributed by atoms with Crippen LogP contribution in [0.4, 0.5) is 0 Å². The molecule has 0 radical (unpaired) electrons. The van der Waals surface area contributed by atoms with Gasteiger partial charge < -0.3 is 4.74 Å². The van der Waals surface area contributed by atoms with E-state index in [0.29, 0.717) is 0 Å². The molecule has 0 aliphatic heterocycles. The summed E-state index contributed by atoms with van der Waals surface area (Å²) in [6.07, 6.45) is 7.15. The predicted octanol–water partition coefficient (Wildman–Crippen LogP) is 5.14. The van der Waals surface area contributed by atoms with Crippen LogP contribution >= 0.6 is 0 Å². The first-order chi connectivity index (χ1) is 8.58. The average molecular weight is 246 g/mol. The molecule has 100 valence electrons. The molecule has 2 rings (SSSR count). The number of hydrogen-bond acceptors (Lipinski definition) is 1. The number of hydrogen-bond donors (Lipinski definition) is 0. The minimum absolute atomic E-state index is 0.255. The summed E-state index contributed by atoms with van der Waals surface area (Å²) in [4.78, 5) is 0. The Balaban J connectivity index is 2.28. The minimum Gasteiger partial charge on any atom is -0.491 e. The molecule has 1 fully saturated rings. The second kappa shape index (κ2) is 5.77. The Hall–Kier alpha value is -0.980. The summed E-state index contributed by atoms with van der Waals surface area (Å²) in [6, 6.07) is 4.60. The van der Waals surface area contributed by atoms with Crippen molar-refractivity contribution in [2.24, 2.45) is 0 Å². The van der Waals surface area contributed by atoms with Crippen LogP contribution in [0.5, 0.6) is 5.75 Å². The molecule has 1 nitrogen and oxygen atoms in total. The van der Waals surface area contributed by atoms with Gasteiger partial charge in [-0.3, -0.25) is 0 Å². The van der Waals surface area contributed by atoms with Crippen LogP contribution in [-0.4, -0.2) is 6.10 Å². The molecule has 1 aromatic carbocycles. The van der Waals surface area contributed by atoms with E-state index < -0.39 is 0 Å². The molecule has 0 unspecified atom stereocenters. The second-order valence-electron chi connectivity index (χ2n) is 5.98. The fourth-order valence-corrected chi connectivity index (χ4v) is 3.08. The first-order valence-corrected chi connectivity index (χ1v) is 7.35. The maximum Gasteiger partial charge on any atom is 0.122 e. The van der Waals surface area contributed by atoms with Crippen LogP contribution in [0.3, 0.4) is 0 Å². The fraction of sp³-hybridized carbons (Fsp3) is 0.647. The largest absolute Gasteiger partial charge is 0.491 e. The van der Waals surface area contributed by atoms with Gasteiger partial charge in [0, 0.05) is 0 Å². The van der Waals surface area contributed by atoms with E-state index in [9.17, 15) is 0 Å². The van der Waals surface area contributed by atoms with E-state index >= 15 is 0 Å². The molecule has 0 heterocycles. The molecule has 0 bridgehead atoms. The Morgan fingerprint density at radius 1 is 1.00 bits per heavy atom. The summed E-state index contributed by atoms with van der Waals surface area (Å²) in [6.45, 7) is 8.59. The minimum atomic E-state index is 0.255. The molecule has 0 amide bonds. The molecule has 0 aromatic heterocycles. The average Bonchev–Trinajstić information content (AvgIpc) is 2.33. The molecule has 0 saturated heterocycles. The van der Waals surface area contributed by atoms with Crippen LogP contribution in [0.15, 0.2) is 12.1 Å². The fourth-order valence-electron chi connectivity index (χ4n) is 3.08. The Kier molecular flexibility index (Phi) is 4.31. The third kappa shape index (κ3) is 3.07. The first-order valence-electron chi connectivity index (χ1n) is 7.35. The van der Waals surface area contributed by atoms with Crippen molar-refractivity contribution >= 4 is 0 Å². The van der Waals surface area contributed by atoms with Gasteiger partial charge in [-0.1, -0.05) is 25.3 Å². The molecule has 1 aliphatic carbocycles. The highest BCUT2D eigenvalue weighted by atomic mass is 16.5. The topological polar surface area (TPSA) is 9.23 Å². The summed E-state index contributed by atoms with van der Waals surface area (Å²) in [5.74, 6) is 1.84. The number of ether oxygens (including phenoxy) is 1. The van der Waals surface area contributed by atoms with Crippen LogP contribution < -0.4 is 4.74 Å². The molecule has 0 spiro atoms. The number of aryl methyl sites for hydroxylation is 2. The van der Waals surface area contributed by atoms with Crippen molar-refractivity contribution in [3.63, 3.8) is 0 Å². The standard InChI is InChI=1S/C17H26O/c1-12(2)18-17-11-16(13(3)10-14(17)4)15-8-6-5-7-9-15/h10-12,15H,5-9H2,1-4H3. The quantitative estimate of drug-likeness (QED) is 0.717. The van der Waals surface area contributed by atoms with Gasteiger partial charge in [-0.15, -0.1) is 0 Å². The molecular weight excluding hydrogens is 220 g/mol. The molecule has 0 atom stereocenters. The van der Waals surface area contributed by atoms with Crippen LogP contribution in [-0.2, 0) is 0 Å². The third-order valence-corrected chi connectivity index (χ3v) is 3.97. The van der Waals surface area contributed by atoms with E-state index in [1.54, 1.807) is 0 Å². The highest BCUT2D eigenvalue weighted by molar-refractivity contribution is 5.43. The van der Waals surface area contributed by atoms with Crippen molar-refractivity contribution in [2.75, 3.05) is 0 Å². The zero-order chi connectivity index (χ0) is 13.1. The molecule has 1 aromatic rings. The monoisotopic (exact) mass is 246 g/mol. The smallest absolute Gasteiger partial charge is 0.122 e. The van der Waals surface area contributed by atoms with Crippen molar-refractivity contribution < 1.29 is 4.74 Å². The summed E-state index contributed by atoms with van der Waals surface area (Å²) in [7, 11) is 0. The Morgan fingerprint density at radius 2 is 1.67 bits per heavy atom. The Morgan fingerprint density at radius 3 is 2.28 bits per heavy atom. The summed E-state index contributed by atoms with van der Waals surface area (Å²) in [5, 5.41) is 0. The zero-order valence-corrected chi connectivity index (χ0v) is 12.3. The maximum atomic E-state index is 5.93. The summed E-state index contributed by atoms with van der Waals surface area (Å²) in [5.41, 5.74) is 4.23. The van der Waals surface area contributed by atoms with Gasteiger partial charge in [0.25, 0.3) is 0 Å². The van der Waals surface area contributed by atoms with Gasteiger partial charge in [0.15, 0.2) is 0 Å². The Labute approximate surface area is 112 Å². The van der Waals surface area contributed by atoms with E-state index in [1.165, 1.54) is 48.8 Å². The van der Waals surface area contributed by atoms with Crippen molar-refractivity contribution in [3.8, 4) is 5.75 Å². The first kappa shape index (κ1) is 13.5. The van der Waals surface area contributed by atoms with Crippen molar-refractivity contribution in [2.45, 2.75) is 71.8 Å². The van der Waals surface area contributed by atoms with Gasteiger partial charge in [0.2, 0.25) is 0 Å². The maximum absolute atomic E-state index is 5.93. The SMILES string of the molecule is Cc1cc(C)c(C2CCCCC2)cc1OC(C)C. The van der Waals surface area contributed by atoms with Crippen molar-refractivity contribution in [1.29, 1.82) is 0 Å². The lowest BCUT2D eigenvalue weighted by Crippen LogP contribution is -2.10. The van der Waals surface area contributed by atoms with Crippen molar-refractivity contribution in [3.05, 3.63) is 28.8 Å². The summed E-state index contributed by atoms with van der Waals surface area (Å²) < 4.78 is 5.93. The number of benzene rings is 1. The van der Waals surface area contributed by atoms with E-state index in [1.807, 2.05) is 0 Å². The molecule has 18 heavy (non-hydrogen) atoms. The molecule has 1 heteroatoms. The molecule has 0 N–H and O–H groups in total. The van der Waals surface area contributed by atoms with Gasteiger partial charge in [0.1, 0.15) is 5.75 Å². The molecule has 1 aliphatic rings. The molecule has 1 saturated carbocycles. The van der Waals surface area contributed by atoms with Crippen LogP contribution in [0.1, 0.15) is 68.6 Å². The lowest BCUT2D eigenvalue weighted by Gasteiger charge is -2.25. The van der Waals surface area contributed by atoms with Gasteiger partial charge >= 0.3 is 0 Å². The van der Waals surface area contributed by atoms with Crippen LogP contribution in [0.25, 0.3) is 0 Å². The second-order valence-corrected chi connectivity index (χ2v) is 5.98. The molecular formula is C17H26O. The van der Waals surface area contributed by atoms with Crippen molar-refractivity contribution in [1.82, 2.24) is 0 Å². The highest BCUT2D eigenvalue weighted by Gasteiger charge is 2.19. The van der Waals surface area contributed by atoms with E-state index in [4.69, 9.17) is 4.74 Å². The van der Waals surface area contributed by atoms with E-state index in [2.05, 4.69) is 39.8 Å². The zero-order valence-electron chi connectivity index (χ0n) is 12.3. The lowest BCUT2D eigenvalue weighted by atomic mass is 9.82. The van der Waals surface area contributed by atoms with Gasteiger partial charge in [-0.2, -0.15) is 0 Å². The van der Waals surface area contributed by atoms with Gasteiger partial charge in [-0.05, 0) is 69.2 Å². The lowest BCUT2D eigenvalue weighted by molar-refractivity contribution is 0.240. The van der Waals surface area contributed by atoms with E-state index in [-0.39, 0.29) is 6.10 Å².